The highest BCUT2D eigenvalue weighted by atomic mass is 16.5. The lowest BCUT2D eigenvalue weighted by Gasteiger charge is -2.34. The zero-order chi connectivity index (χ0) is 26.9. The molecule has 2 aromatic rings. The Balaban J connectivity index is 1.32. The highest BCUT2D eigenvalue weighted by Crippen LogP contribution is 2.24. The Labute approximate surface area is 223 Å². The zero-order valence-electron chi connectivity index (χ0n) is 21.9. The highest BCUT2D eigenvalue weighted by Gasteiger charge is 2.33. The lowest BCUT2D eigenvalue weighted by molar-refractivity contribution is -0.125. The number of ether oxygens (including phenoxy) is 1. The Morgan fingerprint density at radius 3 is 2.50 bits per heavy atom. The normalized spacial score (nSPS) is 16.4. The van der Waals surface area contributed by atoms with Gasteiger partial charge in [0, 0.05) is 57.3 Å². The average molecular weight is 521 g/mol. The van der Waals surface area contributed by atoms with E-state index in [9.17, 15) is 19.2 Å². The van der Waals surface area contributed by atoms with Crippen molar-refractivity contribution in [1.29, 1.82) is 0 Å². The molecule has 2 N–H and O–H groups in total. The largest absolute Gasteiger partial charge is 0.379 e. The van der Waals surface area contributed by atoms with E-state index in [2.05, 4.69) is 15.5 Å². The third-order valence-electron chi connectivity index (χ3n) is 7.26. The molecule has 2 aliphatic rings. The van der Waals surface area contributed by atoms with Gasteiger partial charge in [-0.25, -0.2) is 0 Å². The number of benzene rings is 2. The number of rotatable bonds is 11. The minimum Gasteiger partial charge on any atom is -0.379 e. The Kier molecular flexibility index (Phi) is 9.62. The molecule has 1 atom stereocenters. The molecule has 1 saturated heterocycles. The van der Waals surface area contributed by atoms with Crippen LogP contribution in [0.4, 0.5) is 0 Å². The summed E-state index contributed by atoms with van der Waals surface area (Å²) in [5.74, 6) is -0.628. The molecule has 9 heteroatoms. The first-order chi connectivity index (χ1) is 18.5. The molecular weight excluding hydrogens is 484 g/mol. The third kappa shape index (κ3) is 6.85. The summed E-state index contributed by atoms with van der Waals surface area (Å²) in [5, 5.41) is 5.56. The van der Waals surface area contributed by atoms with Crippen LogP contribution in [-0.2, 0) is 33.7 Å². The van der Waals surface area contributed by atoms with E-state index >= 15 is 0 Å². The quantitative estimate of drug-likeness (QED) is 0.436. The number of hydrogen-bond donors (Lipinski definition) is 2. The predicted molar refractivity (Wildman–Crippen MR) is 143 cm³/mol. The first-order valence-corrected chi connectivity index (χ1v) is 13.3. The van der Waals surface area contributed by atoms with Crippen molar-refractivity contribution in [2.45, 2.75) is 38.3 Å². The summed E-state index contributed by atoms with van der Waals surface area (Å²) in [4.78, 5) is 53.0. The SMILES string of the molecule is CNC(=O)C(CCC=O)N1CCc2cc(CNC(=O)c3ccc(CCN4CCOCC4)cc3)ccc2C1=O. The number of nitrogens with one attached hydrogen (secondary N) is 2. The van der Waals surface area contributed by atoms with Gasteiger partial charge in [0.2, 0.25) is 5.91 Å². The van der Waals surface area contributed by atoms with E-state index in [1.807, 2.05) is 36.4 Å². The second-order valence-corrected chi connectivity index (χ2v) is 9.70. The van der Waals surface area contributed by atoms with Crippen molar-refractivity contribution < 1.29 is 23.9 Å². The summed E-state index contributed by atoms with van der Waals surface area (Å²) in [7, 11) is 1.53. The Hall–Kier alpha value is -3.56. The van der Waals surface area contributed by atoms with Crippen molar-refractivity contribution in [3.63, 3.8) is 0 Å². The molecule has 0 spiro atoms. The molecule has 2 aromatic carbocycles. The number of likely N-dealkylation sites (N-methyl/N-ethyl adjacent to an activating group) is 1. The van der Waals surface area contributed by atoms with E-state index in [1.165, 1.54) is 12.6 Å². The molecule has 202 valence electrons. The van der Waals surface area contributed by atoms with Crippen LogP contribution < -0.4 is 10.6 Å². The third-order valence-corrected chi connectivity index (χ3v) is 7.26. The van der Waals surface area contributed by atoms with Crippen molar-refractivity contribution >= 4 is 24.0 Å². The number of fused-ring (bicyclic) bond motifs is 1. The van der Waals surface area contributed by atoms with Gasteiger partial charge in [0.15, 0.2) is 0 Å². The number of aldehydes is 1. The van der Waals surface area contributed by atoms with Crippen molar-refractivity contribution in [1.82, 2.24) is 20.4 Å². The molecule has 0 bridgehead atoms. The molecule has 1 fully saturated rings. The van der Waals surface area contributed by atoms with E-state index < -0.39 is 6.04 Å². The molecule has 1 unspecified atom stereocenters. The standard InChI is InChI=1S/C29H36N4O5/c1-30-28(36)26(3-2-16-34)33-13-11-24-19-22(6-9-25(24)29(33)37)20-31-27(35)23-7-4-21(5-8-23)10-12-32-14-17-38-18-15-32/h4-9,16,19,26H,2-3,10-15,17-18,20H2,1H3,(H,30,36)(H,31,35). The number of nitrogens with zero attached hydrogens (tertiary/aromatic N) is 2. The maximum atomic E-state index is 13.1. The molecule has 0 aliphatic carbocycles. The fourth-order valence-electron chi connectivity index (χ4n) is 5.01. The summed E-state index contributed by atoms with van der Waals surface area (Å²) >= 11 is 0. The zero-order valence-corrected chi connectivity index (χ0v) is 21.9. The van der Waals surface area contributed by atoms with Crippen LogP contribution in [0.3, 0.4) is 0 Å². The monoisotopic (exact) mass is 520 g/mol. The van der Waals surface area contributed by atoms with Crippen molar-refractivity contribution in [2.75, 3.05) is 46.4 Å². The number of amides is 3. The molecular formula is C29H36N4O5. The summed E-state index contributed by atoms with van der Waals surface area (Å²) in [6.45, 7) is 5.25. The van der Waals surface area contributed by atoms with Crippen LogP contribution in [0.2, 0.25) is 0 Å². The molecule has 2 heterocycles. The molecule has 38 heavy (non-hydrogen) atoms. The van der Waals surface area contributed by atoms with Gasteiger partial charge in [-0.3, -0.25) is 19.3 Å². The van der Waals surface area contributed by atoms with Crippen LogP contribution in [-0.4, -0.2) is 86.3 Å². The summed E-state index contributed by atoms with van der Waals surface area (Å²) in [6, 6.07) is 12.6. The number of carbonyl (C=O) groups excluding carboxylic acids is 4. The van der Waals surface area contributed by atoms with Gasteiger partial charge < -0.3 is 25.1 Å². The molecule has 0 saturated carbocycles. The maximum Gasteiger partial charge on any atom is 0.254 e. The fraction of sp³-hybridized carbons (Fsp3) is 0.448. The Morgan fingerprint density at radius 1 is 1.05 bits per heavy atom. The smallest absolute Gasteiger partial charge is 0.254 e. The first-order valence-electron chi connectivity index (χ1n) is 13.3. The van der Waals surface area contributed by atoms with Crippen molar-refractivity contribution in [3.05, 3.63) is 70.3 Å². The fourth-order valence-corrected chi connectivity index (χ4v) is 5.01. The molecule has 2 aliphatic heterocycles. The van der Waals surface area contributed by atoms with Crippen LogP contribution in [0.15, 0.2) is 42.5 Å². The maximum absolute atomic E-state index is 13.1. The van der Waals surface area contributed by atoms with Gasteiger partial charge in [-0.05, 0) is 54.2 Å². The molecule has 9 nitrogen and oxygen atoms in total. The van der Waals surface area contributed by atoms with Crippen LogP contribution in [0.1, 0.15) is 50.2 Å². The van der Waals surface area contributed by atoms with E-state index in [0.29, 0.717) is 37.1 Å². The minimum atomic E-state index is -0.671. The lowest BCUT2D eigenvalue weighted by Crippen LogP contribution is -2.51. The van der Waals surface area contributed by atoms with Gasteiger partial charge in [-0.1, -0.05) is 24.3 Å². The second-order valence-electron chi connectivity index (χ2n) is 9.70. The van der Waals surface area contributed by atoms with Gasteiger partial charge in [0.25, 0.3) is 11.8 Å². The van der Waals surface area contributed by atoms with Crippen LogP contribution in [0.5, 0.6) is 0 Å². The van der Waals surface area contributed by atoms with E-state index in [0.717, 1.165) is 56.7 Å². The second kappa shape index (κ2) is 13.3. The van der Waals surface area contributed by atoms with Gasteiger partial charge in [-0.15, -0.1) is 0 Å². The minimum absolute atomic E-state index is 0.145. The summed E-state index contributed by atoms with van der Waals surface area (Å²) < 4.78 is 5.39. The Morgan fingerprint density at radius 2 is 1.79 bits per heavy atom. The van der Waals surface area contributed by atoms with Gasteiger partial charge >= 0.3 is 0 Å². The van der Waals surface area contributed by atoms with Crippen molar-refractivity contribution in [2.24, 2.45) is 0 Å². The number of hydrogen-bond acceptors (Lipinski definition) is 6. The van der Waals surface area contributed by atoms with Crippen LogP contribution in [0.25, 0.3) is 0 Å². The van der Waals surface area contributed by atoms with E-state index in [1.54, 1.807) is 11.0 Å². The topological polar surface area (TPSA) is 108 Å². The Bertz CT molecular complexity index is 1140. The summed E-state index contributed by atoms with van der Waals surface area (Å²) in [5.41, 5.74) is 4.17. The van der Waals surface area contributed by atoms with E-state index in [4.69, 9.17) is 4.74 Å². The van der Waals surface area contributed by atoms with Gasteiger partial charge in [-0.2, -0.15) is 0 Å². The van der Waals surface area contributed by atoms with Crippen molar-refractivity contribution in [3.8, 4) is 0 Å². The van der Waals surface area contributed by atoms with Gasteiger partial charge in [0.1, 0.15) is 12.3 Å². The highest BCUT2D eigenvalue weighted by molar-refractivity contribution is 6.00. The molecule has 0 aromatic heterocycles. The average Bonchev–Trinajstić information content (AvgIpc) is 2.96. The summed E-state index contributed by atoms with van der Waals surface area (Å²) in [6.07, 6.45) is 2.81. The predicted octanol–water partition coefficient (Wildman–Crippen LogP) is 1.58. The molecule has 4 rings (SSSR count). The molecule has 0 radical (unpaired) electrons. The van der Waals surface area contributed by atoms with Gasteiger partial charge in [0.05, 0.1) is 13.2 Å². The van der Waals surface area contributed by atoms with Crippen LogP contribution >= 0.6 is 0 Å². The first kappa shape index (κ1) is 27.5. The van der Waals surface area contributed by atoms with Crippen LogP contribution in [0, 0.1) is 0 Å². The lowest BCUT2D eigenvalue weighted by atomic mass is 9.94. The van der Waals surface area contributed by atoms with E-state index in [-0.39, 0.29) is 24.1 Å². The number of morpholine rings is 1. The molecule has 3 amide bonds. The number of carbonyl (C=O) groups is 4.